The predicted octanol–water partition coefficient (Wildman–Crippen LogP) is 2.84. The van der Waals surface area contributed by atoms with Crippen molar-refractivity contribution in [1.29, 1.82) is 0 Å². The predicted molar refractivity (Wildman–Crippen MR) is 95.4 cm³/mol. The second-order valence-corrected chi connectivity index (χ2v) is 7.31. The molecular formula is C19H26N4O3. The van der Waals surface area contributed by atoms with Crippen LogP contribution < -0.4 is 15.2 Å². The molecule has 1 saturated carbocycles. The number of fused-ring (bicyclic) bond motifs is 1. The lowest BCUT2D eigenvalue weighted by Gasteiger charge is -2.35. The summed E-state index contributed by atoms with van der Waals surface area (Å²) < 4.78 is 16.1. The summed E-state index contributed by atoms with van der Waals surface area (Å²) in [5.41, 5.74) is 6.80. The average molecular weight is 358 g/mol. The lowest BCUT2D eigenvalue weighted by Crippen LogP contribution is -2.37. The largest absolute Gasteiger partial charge is 0.454 e. The maximum Gasteiger partial charge on any atom is 0.240 e. The summed E-state index contributed by atoms with van der Waals surface area (Å²) in [5.74, 6) is 3.64. The minimum atomic E-state index is 0.274. The minimum Gasteiger partial charge on any atom is -0.454 e. The molecule has 0 amide bonds. The Hall–Kier alpha value is -2.12. The molecule has 2 aliphatic rings. The summed E-state index contributed by atoms with van der Waals surface area (Å²) in [5, 5.41) is 4.08. The van der Waals surface area contributed by atoms with Crippen molar-refractivity contribution in [3.63, 3.8) is 0 Å². The van der Waals surface area contributed by atoms with Gasteiger partial charge >= 0.3 is 0 Å². The molecule has 2 aromatic rings. The molecular weight excluding hydrogens is 332 g/mol. The van der Waals surface area contributed by atoms with Crippen LogP contribution in [0.4, 0.5) is 0 Å². The molecule has 0 spiro atoms. The first-order valence-corrected chi connectivity index (χ1v) is 9.35. The topological polar surface area (TPSA) is 86.6 Å². The van der Waals surface area contributed by atoms with E-state index in [4.69, 9.17) is 19.7 Å². The van der Waals surface area contributed by atoms with Crippen molar-refractivity contribution in [3.8, 4) is 11.5 Å². The van der Waals surface area contributed by atoms with Crippen molar-refractivity contribution in [2.75, 3.05) is 6.79 Å². The zero-order chi connectivity index (χ0) is 17.9. The molecule has 1 aromatic heterocycles. The summed E-state index contributed by atoms with van der Waals surface area (Å²) in [6.07, 6.45) is 4.94. The fourth-order valence-corrected chi connectivity index (χ4v) is 3.81. The van der Waals surface area contributed by atoms with E-state index in [-0.39, 0.29) is 6.54 Å². The summed E-state index contributed by atoms with van der Waals surface area (Å²) in [7, 11) is 0. The van der Waals surface area contributed by atoms with Gasteiger partial charge in [-0.05, 0) is 49.3 Å². The van der Waals surface area contributed by atoms with E-state index >= 15 is 0 Å². The van der Waals surface area contributed by atoms with Gasteiger partial charge in [-0.1, -0.05) is 18.1 Å². The Balaban J connectivity index is 1.51. The van der Waals surface area contributed by atoms with Gasteiger partial charge in [0.2, 0.25) is 12.7 Å². The van der Waals surface area contributed by atoms with Crippen LogP contribution in [0.5, 0.6) is 11.5 Å². The highest BCUT2D eigenvalue weighted by molar-refractivity contribution is 5.44. The third-order valence-corrected chi connectivity index (χ3v) is 5.35. The molecule has 7 nitrogen and oxygen atoms in total. The molecule has 26 heavy (non-hydrogen) atoms. The van der Waals surface area contributed by atoms with Crippen molar-refractivity contribution in [3.05, 3.63) is 35.5 Å². The Bertz CT molecular complexity index is 740. The first-order chi connectivity index (χ1) is 12.7. The first-order valence-electron chi connectivity index (χ1n) is 9.35. The maximum absolute atomic E-state index is 5.59. The molecule has 1 aromatic carbocycles. The minimum absolute atomic E-state index is 0.274. The molecule has 7 heteroatoms. The third kappa shape index (κ3) is 3.83. The molecule has 1 fully saturated rings. The van der Waals surface area contributed by atoms with Crippen LogP contribution in [-0.2, 0) is 19.6 Å². The monoisotopic (exact) mass is 358 g/mol. The van der Waals surface area contributed by atoms with Crippen LogP contribution in [0, 0.1) is 5.92 Å². The highest BCUT2D eigenvalue weighted by atomic mass is 16.7. The van der Waals surface area contributed by atoms with Gasteiger partial charge in [0.1, 0.15) is 0 Å². The van der Waals surface area contributed by atoms with Crippen LogP contribution in [0.1, 0.15) is 49.9 Å². The Morgan fingerprint density at radius 3 is 2.69 bits per heavy atom. The Kier molecular flexibility index (Phi) is 5.08. The van der Waals surface area contributed by atoms with E-state index in [0.29, 0.717) is 31.1 Å². The van der Waals surface area contributed by atoms with Crippen molar-refractivity contribution in [2.45, 2.75) is 58.3 Å². The van der Waals surface area contributed by atoms with Crippen molar-refractivity contribution >= 4 is 0 Å². The number of hydrogen-bond donors (Lipinski definition) is 1. The Labute approximate surface area is 153 Å². The molecule has 1 aliphatic heterocycles. The molecule has 0 bridgehead atoms. The summed E-state index contributed by atoms with van der Waals surface area (Å²) in [6.45, 7) is 4.40. The van der Waals surface area contributed by atoms with Crippen LogP contribution in [0.15, 0.2) is 22.7 Å². The lowest BCUT2D eigenvalue weighted by molar-refractivity contribution is 0.121. The van der Waals surface area contributed by atoms with E-state index < -0.39 is 0 Å². The van der Waals surface area contributed by atoms with E-state index in [1.165, 1.54) is 31.2 Å². The lowest BCUT2D eigenvalue weighted by atomic mass is 9.86. The smallest absolute Gasteiger partial charge is 0.240 e. The second-order valence-electron chi connectivity index (χ2n) is 7.31. The third-order valence-electron chi connectivity index (χ3n) is 5.35. The standard InChI is InChI=1S/C19H26N4O3/c1-13-2-5-15(6-3-13)23(11-18-21-19(9-20)26-22-18)10-14-4-7-16-17(8-14)25-12-24-16/h4,7-8,13,15H,2-3,5-6,9-12,20H2,1H3. The van der Waals surface area contributed by atoms with E-state index in [0.717, 1.165) is 24.0 Å². The maximum atomic E-state index is 5.59. The number of hydrogen-bond acceptors (Lipinski definition) is 7. The SMILES string of the molecule is CC1CCC(N(Cc2ccc3c(c2)OCO3)Cc2noc(CN)n2)CC1. The number of benzene rings is 1. The van der Waals surface area contributed by atoms with Crippen LogP contribution in [0.25, 0.3) is 0 Å². The molecule has 140 valence electrons. The number of ether oxygens (including phenoxy) is 2. The van der Waals surface area contributed by atoms with Gasteiger partial charge in [-0.2, -0.15) is 4.98 Å². The van der Waals surface area contributed by atoms with Gasteiger partial charge in [0, 0.05) is 12.6 Å². The number of aromatic nitrogens is 2. The number of nitrogens with zero attached hydrogens (tertiary/aromatic N) is 3. The van der Waals surface area contributed by atoms with Gasteiger partial charge < -0.3 is 19.7 Å². The summed E-state index contributed by atoms with van der Waals surface area (Å²) in [4.78, 5) is 6.84. The second kappa shape index (κ2) is 7.63. The van der Waals surface area contributed by atoms with E-state index in [9.17, 15) is 0 Å². The van der Waals surface area contributed by atoms with Crippen molar-refractivity contribution in [1.82, 2.24) is 15.0 Å². The first kappa shape index (κ1) is 17.3. The molecule has 0 unspecified atom stereocenters. The normalized spacial score (nSPS) is 22.1. The van der Waals surface area contributed by atoms with E-state index in [1.807, 2.05) is 6.07 Å². The van der Waals surface area contributed by atoms with Gasteiger partial charge in [-0.15, -0.1) is 0 Å². The van der Waals surface area contributed by atoms with Crippen LogP contribution in [-0.4, -0.2) is 27.9 Å². The van der Waals surface area contributed by atoms with Gasteiger partial charge in [0.05, 0.1) is 13.1 Å². The fourth-order valence-electron chi connectivity index (χ4n) is 3.81. The van der Waals surface area contributed by atoms with Crippen molar-refractivity contribution in [2.24, 2.45) is 11.7 Å². The Morgan fingerprint density at radius 1 is 1.12 bits per heavy atom. The molecule has 0 saturated heterocycles. The highest BCUT2D eigenvalue weighted by Crippen LogP contribution is 2.34. The van der Waals surface area contributed by atoms with E-state index in [2.05, 4.69) is 34.1 Å². The molecule has 4 rings (SSSR count). The van der Waals surface area contributed by atoms with Crippen LogP contribution in [0.3, 0.4) is 0 Å². The Morgan fingerprint density at radius 2 is 1.92 bits per heavy atom. The molecule has 0 radical (unpaired) electrons. The van der Waals surface area contributed by atoms with Gasteiger partial charge in [0.15, 0.2) is 17.3 Å². The van der Waals surface area contributed by atoms with E-state index in [1.54, 1.807) is 0 Å². The molecule has 2 N–H and O–H groups in total. The summed E-state index contributed by atoms with van der Waals surface area (Å²) >= 11 is 0. The molecule has 0 atom stereocenters. The zero-order valence-electron chi connectivity index (χ0n) is 15.2. The fraction of sp³-hybridized carbons (Fsp3) is 0.579. The van der Waals surface area contributed by atoms with Gasteiger partial charge in [-0.25, -0.2) is 0 Å². The van der Waals surface area contributed by atoms with Gasteiger partial charge in [-0.3, -0.25) is 4.90 Å². The molecule has 1 aliphatic carbocycles. The van der Waals surface area contributed by atoms with Crippen LogP contribution >= 0.6 is 0 Å². The van der Waals surface area contributed by atoms with Crippen LogP contribution in [0.2, 0.25) is 0 Å². The highest BCUT2D eigenvalue weighted by Gasteiger charge is 2.26. The number of rotatable bonds is 6. The molecule has 2 heterocycles. The average Bonchev–Trinajstić information content (AvgIpc) is 3.30. The van der Waals surface area contributed by atoms with Gasteiger partial charge in [0.25, 0.3) is 0 Å². The zero-order valence-corrected chi connectivity index (χ0v) is 15.2. The number of nitrogens with two attached hydrogens (primary N) is 1. The summed E-state index contributed by atoms with van der Waals surface area (Å²) in [6, 6.07) is 6.69. The quantitative estimate of drug-likeness (QED) is 0.849. The van der Waals surface area contributed by atoms with Crippen molar-refractivity contribution < 1.29 is 14.0 Å².